The van der Waals surface area contributed by atoms with Gasteiger partial charge in [0.15, 0.2) is 6.61 Å². The quantitative estimate of drug-likeness (QED) is 0.596. The minimum Gasteiger partial charge on any atom is -0.479 e. The number of ether oxygens (including phenoxy) is 1. The molecule has 78 valence electrons. The van der Waals surface area contributed by atoms with Gasteiger partial charge in [-0.3, -0.25) is 0 Å². The minimum atomic E-state index is -1.17. The number of esters is 1. The van der Waals surface area contributed by atoms with Crippen LogP contribution in [0.15, 0.2) is 36.4 Å². The van der Waals surface area contributed by atoms with Crippen molar-refractivity contribution in [3.05, 3.63) is 42.0 Å². The highest BCUT2D eigenvalue weighted by Crippen LogP contribution is 2.00. The lowest BCUT2D eigenvalue weighted by molar-refractivity contribution is -0.151. The van der Waals surface area contributed by atoms with Crippen molar-refractivity contribution in [3.63, 3.8) is 0 Å². The molecule has 0 radical (unpaired) electrons. The molecule has 1 rings (SSSR count). The predicted octanol–water partition coefficient (Wildman–Crippen LogP) is 1.33. The maximum absolute atomic E-state index is 10.9. The summed E-state index contributed by atoms with van der Waals surface area (Å²) in [6.07, 6.45) is 2.75. The molecule has 0 spiro atoms. The normalized spacial score (nSPS) is 10.1. The van der Waals surface area contributed by atoms with Crippen LogP contribution in [0.25, 0.3) is 6.08 Å². The first-order chi connectivity index (χ1) is 7.18. The minimum absolute atomic E-state index is 0.613. The van der Waals surface area contributed by atoms with Gasteiger partial charge in [0.05, 0.1) is 0 Å². The van der Waals surface area contributed by atoms with Crippen LogP contribution in [-0.4, -0.2) is 23.7 Å². The summed E-state index contributed by atoms with van der Waals surface area (Å²) in [4.78, 5) is 21.0. The zero-order chi connectivity index (χ0) is 11.1. The van der Waals surface area contributed by atoms with Gasteiger partial charge in [-0.05, 0) is 11.6 Å². The third-order valence-electron chi connectivity index (χ3n) is 1.55. The van der Waals surface area contributed by atoms with E-state index < -0.39 is 18.5 Å². The second-order valence-electron chi connectivity index (χ2n) is 2.75. The maximum atomic E-state index is 10.9. The van der Waals surface area contributed by atoms with E-state index in [1.54, 1.807) is 6.08 Å². The molecule has 0 heterocycles. The van der Waals surface area contributed by atoms with Crippen molar-refractivity contribution in [3.8, 4) is 0 Å². The first-order valence-corrected chi connectivity index (χ1v) is 4.30. The Kier molecular flexibility index (Phi) is 4.09. The smallest absolute Gasteiger partial charge is 0.341 e. The standard InChI is InChI=1S/C11H10O4/c12-10(13)8-15-11(14)7-6-9-4-2-1-3-5-9/h1-7H,8H2,(H,12,13)/b7-6+. The van der Waals surface area contributed by atoms with E-state index in [4.69, 9.17) is 5.11 Å². The molecule has 0 aliphatic carbocycles. The van der Waals surface area contributed by atoms with E-state index in [9.17, 15) is 9.59 Å². The van der Waals surface area contributed by atoms with Crippen LogP contribution in [-0.2, 0) is 14.3 Å². The molecule has 0 bridgehead atoms. The third-order valence-corrected chi connectivity index (χ3v) is 1.55. The summed E-state index contributed by atoms with van der Waals surface area (Å²) in [7, 11) is 0. The molecule has 0 atom stereocenters. The Morgan fingerprint density at radius 2 is 1.93 bits per heavy atom. The molecule has 0 amide bonds. The summed E-state index contributed by atoms with van der Waals surface area (Å²) in [6.45, 7) is -0.613. The molecule has 0 saturated carbocycles. The zero-order valence-corrected chi connectivity index (χ0v) is 7.92. The fourth-order valence-corrected chi connectivity index (χ4v) is 0.909. The van der Waals surface area contributed by atoms with Crippen molar-refractivity contribution in [1.29, 1.82) is 0 Å². The molecule has 4 heteroatoms. The summed E-state index contributed by atoms with van der Waals surface area (Å²) in [5, 5.41) is 8.25. The van der Waals surface area contributed by atoms with Crippen molar-refractivity contribution in [2.24, 2.45) is 0 Å². The van der Waals surface area contributed by atoms with E-state index >= 15 is 0 Å². The van der Waals surface area contributed by atoms with Gasteiger partial charge in [0, 0.05) is 6.08 Å². The number of benzene rings is 1. The van der Waals surface area contributed by atoms with Gasteiger partial charge in [0.25, 0.3) is 0 Å². The Morgan fingerprint density at radius 1 is 1.27 bits per heavy atom. The molecule has 4 nitrogen and oxygen atoms in total. The van der Waals surface area contributed by atoms with Crippen molar-refractivity contribution < 1.29 is 19.4 Å². The summed E-state index contributed by atoms with van der Waals surface area (Å²) in [6, 6.07) is 9.17. The summed E-state index contributed by atoms with van der Waals surface area (Å²) in [5.74, 6) is -1.84. The van der Waals surface area contributed by atoms with Gasteiger partial charge in [0.2, 0.25) is 0 Å². The molecular weight excluding hydrogens is 196 g/mol. The van der Waals surface area contributed by atoms with Gasteiger partial charge >= 0.3 is 11.9 Å². The second-order valence-corrected chi connectivity index (χ2v) is 2.75. The number of rotatable bonds is 4. The largest absolute Gasteiger partial charge is 0.479 e. The van der Waals surface area contributed by atoms with Gasteiger partial charge in [-0.2, -0.15) is 0 Å². The molecule has 0 fully saturated rings. The Labute approximate surface area is 86.8 Å². The highest BCUT2D eigenvalue weighted by molar-refractivity contribution is 5.88. The van der Waals surface area contributed by atoms with Crippen molar-refractivity contribution in [1.82, 2.24) is 0 Å². The molecule has 1 aromatic rings. The van der Waals surface area contributed by atoms with Crippen molar-refractivity contribution in [2.45, 2.75) is 0 Å². The van der Waals surface area contributed by atoms with Gasteiger partial charge in [0.1, 0.15) is 0 Å². The van der Waals surface area contributed by atoms with E-state index in [0.29, 0.717) is 0 Å². The summed E-state index contributed by atoms with van der Waals surface area (Å²) >= 11 is 0. The number of carboxylic acid groups (broad SMARTS) is 1. The first kappa shape index (κ1) is 11.0. The lowest BCUT2D eigenvalue weighted by Crippen LogP contribution is -2.10. The van der Waals surface area contributed by atoms with Crippen LogP contribution in [0.4, 0.5) is 0 Å². The average molecular weight is 206 g/mol. The summed E-state index contributed by atoms with van der Waals surface area (Å²) < 4.78 is 4.40. The zero-order valence-electron chi connectivity index (χ0n) is 7.92. The van der Waals surface area contributed by atoms with Gasteiger partial charge < -0.3 is 9.84 Å². The lowest BCUT2D eigenvalue weighted by atomic mass is 10.2. The SMILES string of the molecule is O=C(O)COC(=O)/C=C/c1ccccc1. The molecule has 15 heavy (non-hydrogen) atoms. The molecule has 1 aromatic carbocycles. The molecule has 0 aromatic heterocycles. The van der Waals surface area contributed by atoms with E-state index in [-0.39, 0.29) is 0 Å². The van der Waals surface area contributed by atoms with E-state index in [0.717, 1.165) is 5.56 Å². The van der Waals surface area contributed by atoms with E-state index in [1.807, 2.05) is 30.3 Å². The summed E-state index contributed by atoms with van der Waals surface area (Å²) in [5.41, 5.74) is 0.852. The van der Waals surface area contributed by atoms with Crippen LogP contribution in [0, 0.1) is 0 Å². The highest BCUT2D eigenvalue weighted by Gasteiger charge is 2.00. The van der Waals surface area contributed by atoms with Crippen LogP contribution in [0.1, 0.15) is 5.56 Å². The fraction of sp³-hybridized carbons (Fsp3) is 0.0909. The van der Waals surface area contributed by atoms with Crippen LogP contribution >= 0.6 is 0 Å². The van der Waals surface area contributed by atoms with Crippen molar-refractivity contribution >= 4 is 18.0 Å². The van der Waals surface area contributed by atoms with Crippen LogP contribution < -0.4 is 0 Å². The van der Waals surface area contributed by atoms with Gasteiger partial charge in [-0.1, -0.05) is 30.3 Å². The molecule has 0 aliphatic heterocycles. The Balaban J connectivity index is 2.44. The Hall–Kier alpha value is -2.10. The first-order valence-electron chi connectivity index (χ1n) is 4.30. The van der Waals surface area contributed by atoms with Gasteiger partial charge in [-0.15, -0.1) is 0 Å². The van der Waals surface area contributed by atoms with Gasteiger partial charge in [-0.25, -0.2) is 9.59 Å². The number of hydrogen-bond donors (Lipinski definition) is 1. The number of aliphatic carboxylic acids is 1. The number of carboxylic acids is 1. The molecule has 0 saturated heterocycles. The van der Waals surface area contributed by atoms with Crippen LogP contribution in [0.3, 0.4) is 0 Å². The number of carbonyl (C=O) groups excluding carboxylic acids is 1. The average Bonchev–Trinajstić information content (AvgIpc) is 2.25. The van der Waals surface area contributed by atoms with E-state index in [2.05, 4.69) is 4.74 Å². The monoisotopic (exact) mass is 206 g/mol. The third kappa shape index (κ3) is 4.61. The van der Waals surface area contributed by atoms with Crippen molar-refractivity contribution in [2.75, 3.05) is 6.61 Å². The topological polar surface area (TPSA) is 63.6 Å². The number of hydrogen-bond acceptors (Lipinski definition) is 3. The lowest BCUT2D eigenvalue weighted by Gasteiger charge is -1.95. The van der Waals surface area contributed by atoms with E-state index in [1.165, 1.54) is 6.08 Å². The highest BCUT2D eigenvalue weighted by atomic mass is 16.5. The predicted molar refractivity (Wildman–Crippen MR) is 54.1 cm³/mol. The number of carbonyl (C=O) groups is 2. The molecule has 0 aliphatic rings. The Bertz CT molecular complexity index is 367. The fourth-order valence-electron chi connectivity index (χ4n) is 0.909. The van der Waals surface area contributed by atoms with Crippen LogP contribution in [0.5, 0.6) is 0 Å². The Morgan fingerprint density at radius 3 is 2.53 bits per heavy atom. The van der Waals surface area contributed by atoms with Crippen LogP contribution in [0.2, 0.25) is 0 Å². The maximum Gasteiger partial charge on any atom is 0.341 e. The molecule has 0 unspecified atom stereocenters. The molecule has 1 N–H and O–H groups in total. The molecular formula is C11H10O4. The second kappa shape index (κ2) is 5.59.